The topological polar surface area (TPSA) is 87.7 Å². The molecule has 0 bridgehead atoms. The SMILES string of the molecule is CCCOC(=O)c1ccc(NCC(=O)Nc2ccc(C(=O)N3CCC(C)CC3)cc2)cc1. The fourth-order valence-electron chi connectivity index (χ4n) is 3.48. The predicted octanol–water partition coefficient (Wildman–Crippen LogP) is 4.18. The minimum absolute atomic E-state index is 0.0402. The smallest absolute Gasteiger partial charge is 0.338 e. The van der Waals surface area contributed by atoms with Gasteiger partial charge in [0.15, 0.2) is 0 Å². The molecule has 2 N–H and O–H groups in total. The predicted molar refractivity (Wildman–Crippen MR) is 125 cm³/mol. The molecule has 3 rings (SSSR count). The molecule has 32 heavy (non-hydrogen) atoms. The van der Waals surface area contributed by atoms with E-state index in [1.54, 1.807) is 48.5 Å². The number of hydrogen-bond acceptors (Lipinski definition) is 5. The van der Waals surface area contributed by atoms with Gasteiger partial charge in [-0.05, 0) is 73.7 Å². The van der Waals surface area contributed by atoms with Crippen molar-refractivity contribution in [3.63, 3.8) is 0 Å². The molecule has 0 atom stereocenters. The molecule has 2 aromatic rings. The van der Waals surface area contributed by atoms with Crippen molar-refractivity contribution in [2.45, 2.75) is 33.1 Å². The molecule has 2 aromatic carbocycles. The summed E-state index contributed by atoms with van der Waals surface area (Å²) in [6.07, 6.45) is 2.86. The number of hydrogen-bond donors (Lipinski definition) is 2. The molecule has 1 fully saturated rings. The number of ether oxygens (including phenoxy) is 1. The number of benzene rings is 2. The third kappa shape index (κ3) is 6.57. The van der Waals surface area contributed by atoms with Crippen LogP contribution in [0.3, 0.4) is 0 Å². The van der Waals surface area contributed by atoms with E-state index in [0.717, 1.165) is 38.0 Å². The van der Waals surface area contributed by atoms with Crippen LogP contribution in [0.4, 0.5) is 11.4 Å². The minimum Gasteiger partial charge on any atom is -0.462 e. The molecule has 170 valence electrons. The van der Waals surface area contributed by atoms with Gasteiger partial charge in [-0.1, -0.05) is 13.8 Å². The average Bonchev–Trinajstić information content (AvgIpc) is 2.82. The van der Waals surface area contributed by atoms with Crippen molar-refractivity contribution in [1.29, 1.82) is 0 Å². The maximum absolute atomic E-state index is 12.6. The van der Waals surface area contributed by atoms with E-state index in [0.29, 0.717) is 29.3 Å². The van der Waals surface area contributed by atoms with E-state index < -0.39 is 0 Å². The van der Waals surface area contributed by atoms with Crippen molar-refractivity contribution in [1.82, 2.24) is 4.90 Å². The highest BCUT2D eigenvalue weighted by Gasteiger charge is 2.21. The summed E-state index contributed by atoms with van der Waals surface area (Å²) in [7, 11) is 0. The fourth-order valence-corrected chi connectivity index (χ4v) is 3.48. The lowest BCUT2D eigenvalue weighted by atomic mass is 9.98. The lowest BCUT2D eigenvalue weighted by Gasteiger charge is -2.30. The number of likely N-dealkylation sites (tertiary alicyclic amines) is 1. The van der Waals surface area contributed by atoms with Gasteiger partial charge in [0.2, 0.25) is 5.91 Å². The number of rotatable bonds is 8. The summed E-state index contributed by atoms with van der Waals surface area (Å²) in [4.78, 5) is 38.6. The van der Waals surface area contributed by atoms with Gasteiger partial charge in [0.05, 0.1) is 18.7 Å². The Morgan fingerprint density at radius 1 is 0.938 bits per heavy atom. The standard InChI is InChI=1S/C25H31N3O4/c1-3-16-32-25(31)20-6-8-21(9-7-20)26-17-23(29)27-22-10-4-19(5-11-22)24(30)28-14-12-18(2)13-15-28/h4-11,18,26H,3,12-17H2,1-2H3,(H,27,29). The zero-order valence-electron chi connectivity index (χ0n) is 18.7. The molecule has 0 saturated carbocycles. The molecule has 1 aliphatic rings. The van der Waals surface area contributed by atoms with E-state index >= 15 is 0 Å². The molecule has 1 aliphatic heterocycles. The van der Waals surface area contributed by atoms with Crippen LogP contribution in [0.25, 0.3) is 0 Å². The molecule has 7 nitrogen and oxygen atoms in total. The molecule has 2 amide bonds. The van der Waals surface area contributed by atoms with Gasteiger partial charge in [-0.3, -0.25) is 9.59 Å². The number of piperidine rings is 1. The monoisotopic (exact) mass is 437 g/mol. The van der Waals surface area contributed by atoms with Crippen LogP contribution in [0.2, 0.25) is 0 Å². The van der Waals surface area contributed by atoms with Gasteiger partial charge >= 0.3 is 5.97 Å². The largest absolute Gasteiger partial charge is 0.462 e. The number of amides is 2. The Morgan fingerprint density at radius 3 is 2.16 bits per heavy atom. The van der Waals surface area contributed by atoms with Crippen LogP contribution in [0, 0.1) is 5.92 Å². The average molecular weight is 438 g/mol. The van der Waals surface area contributed by atoms with Crippen molar-refractivity contribution < 1.29 is 19.1 Å². The number of carbonyl (C=O) groups is 3. The third-order valence-electron chi connectivity index (χ3n) is 5.50. The normalized spacial score (nSPS) is 14.0. The Balaban J connectivity index is 1.46. The molecule has 1 saturated heterocycles. The summed E-state index contributed by atoms with van der Waals surface area (Å²) < 4.78 is 5.10. The Hall–Kier alpha value is -3.35. The Kier molecular flexibility index (Phi) is 8.25. The number of carbonyl (C=O) groups excluding carboxylic acids is 3. The third-order valence-corrected chi connectivity index (χ3v) is 5.50. The summed E-state index contributed by atoms with van der Waals surface area (Å²) in [5.74, 6) is 0.150. The van der Waals surface area contributed by atoms with Crippen molar-refractivity contribution in [2.75, 3.05) is 36.9 Å². The van der Waals surface area contributed by atoms with E-state index in [4.69, 9.17) is 4.74 Å². The summed E-state index contributed by atoms with van der Waals surface area (Å²) in [6.45, 7) is 6.22. The maximum atomic E-state index is 12.6. The van der Waals surface area contributed by atoms with Crippen LogP contribution in [0.5, 0.6) is 0 Å². The minimum atomic E-state index is -0.354. The van der Waals surface area contributed by atoms with E-state index in [1.807, 2.05) is 11.8 Å². The summed E-state index contributed by atoms with van der Waals surface area (Å²) in [6, 6.07) is 13.8. The van der Waals surface area contributed by atoms with Crippen LogP contribution >= 0.6 is 0 Å². The highest BCUT2D eigenvalue weighted by atomic mass is 16.5. The van der Waals surface area contributed by atoms with Gasteiger partial charge in [-0.2, -0.15) is 0 Å². The molecule has 0 spiro atoms. The Labute approximate surface area is 189 Å². The quantitative estimate of drug-likeness (QED) is 0.605. The number of esters is 1. The highest BCUT2D eigenvalue weighted by molar-refractivity contribution is 5.97. The van der Waals surface area contributed by atoms with Gasteiger partial charge in [-0.25, -0.2) is 4.79 Å². The summed E-state index contributed by atoms with van der Waals surface area (Å²) >= 11 is 0. The van der Waals surface area contributed by atoms with Gasteiger partial charge < -0.3 is 20.3 Å². The van der Waals surface area contributed by atoms with Crippen LogP contribution in [-0.4, -0.2) is 48.9 Å². The molecular weight excluding hydrogens is 406 g/mol. The second-order valence-corrected chi connectivity index (χ2v) is 8.17. The van der Waals surface area contributed by atoms with Gasteiger partial charge in [-0.15, -0.1) is 0 Å². The molecule has 0 radical (unpaired) electrons. The van der Waals surface area contributed by atoms with Crippen molar-refractivity contribution in [3.8, 4) is 0 Å². The first-order chi connectivity index (χ1) is 15.5. The lowest BCUT2D eigenvalue weighted by Crippen LogP contribution is -2.37. The van der Waals surface area contributed by atoms with Crippen molar-refractivity contribution in [3.05, 3.63) is 59.7 Å². The number of nitrogens with zero attached hydrogens (tertiary/aromatic N) is 1. The first-order valence-corrected chi connectivity index (χ1v) is 11.2. The first-order valence-electron chi connectivity index (χ1n) is 11.2. The zero-order valence-corrected chi connectivity index (χ0v) is 18.7. The van der Waals surface area contributed by atoms with Crippen LogP contribution in [0.15, 0.2) is 48.5 Å². The van der Waals surface area contributed by atoms with Crippen LogP contribution in [0.1, 0.15) is 53.8 Å². The van der Waals surface area contributed by atoms with E-state index in [9.17, 15) is 14.4 Å². The molecule has 1 heterocycles. The molecule has 0 aromatic heterocycles. The molecule has 0 unspecified atom stereocenters. The molecule has 7 heteroatoms. The summed E-state index contributed by atoms with van der Waals surface area (Å²) in [5.41, 5.74) is 2.47. The van der Waals surface area contributed by atoms with Crippen molar-refractivity contribution in [2.24, 2.45) is 5.92 Å². The second kappa shape index (κ2) is 11.3. The molecular formula is C25H31N3O4. The van der Waals surface area contributed by atoms with Crippen molar-refractivity contribution >= 4 is 29.2 Å². The maximum Gasteiger partial charge on any atom is 0.338 e. The Morgan fingerprint density at radius 2 is 1.53 bits per heavy atom. The lowest BCUT2D eigenvalue weighted by molar-refractivity contribution is -0.114. The zero-order chi connectivity index (χ0) is 22.9. The van der Waals surface area contributed by atoms with Gasteiger partial charge in [0.1, 0.15) is 0 Å². The Bertz CT molecular complexity index is 917. The van der Waals surface area contributed by atoms with Crippen LogP contribution in [-0.2, 0) is 9.53 Å². The fraction of sp³-hybridized carbons (Fsp3) is 0.400. The van der Waals surface area contributed by atoms with E-state index in [2.05, 4.69) is 17.6 Å². The highest BCUT2D eigenvalue weighted by Crippen LogP contribution is 2.19. The summed E-state index contributed by atoms with van der Waals surface area (Å²) in [5, 5.41) is 5.84. The van der Waals surface area contributed by atoms with E-state index in [1.165, 1.54) is 0 Å². The van der Waals surface area contributed by atoms with Crippen LogP contribution < -0.4 is 10.6 Å². The number of anilines is 2. The molecule has 0 aliphatic carbocycles. The van der Waals surface area contributed by atoms with Gasteiger partial charge in [0.25, 0.3) is 5.91 Å². The number of nitrogens with one attached hydrogen (secondary N) is 2. The van der Waals surface area contributed by atoms with Gasteiger partial charge in [0, 0.05) is 30.0 Å². The van der Waals surface area contributed by atoms with E-state index in [-0.39, 0.29) is 24.3 Å². The first kappa shape index (κ1) is 23.3. The second-order valence-electron chi connectivity index (χ2n) is 8.17.